The Morgan fingerprint density at radius 1 is 1.10 bits per heavy atom. The first-order chi connectivity index (χ1) is 13.7. The van der Waals surface area contributed by atoms with E-state index in [0.29, 0.717) is 11.3 Å². The number of pyridine rings is 1. The topological polar surface area (TPSA) is 208 Å². The number of nitrogens with two attached hydrogens (primary N) is 2. The highest BCUT2D eigenvalue weighted by Gasteiger charge is 2.31. The number of tetrazole rings is 1. The van der Waals surface area contributed by atoms with Gasteiger partial charge in [-0.05, 0) is 22.9 Å². The van der Waals surface area contributed by atoms with Gasteiger partial charge >= 0.3 is 0 Å². The summed E-state index contributed by atoms with van der Waals surface area (Å²) in [5, 5.41) is 27.8. The molecule has 0 aliphatic rings. The van der Waals surface area contributed by atoms with Gasteiger partial charge in [0.2, 0.25) is 15.8 Å². The number of nitrogens with one attached hydrogen (secondary N) is 1. The Kier molecular flexibility index (Phi) is 5.72. The van der Waals surface area contributed by atoms with Gasteiger partial charge in [0.1, 0.15) is 4.90 Å². The van der Waals surface area contributed by atoms with Crippen LogP contribution in [-0.4, -0.2) is 59.8 Å². The van der Waals surface area contributed by atoms with Crippen LogP contribution < -0.4 is 10.9 Å². The van der Waals surface area contributed by atoms with Crippen LogP contribution in [0.25, 0.3) is 22.5 Å². The maximum Gasteiger partial charge on any atom is 0.240 e. The maximum atomic E-state index is 12.6. The predicted molar refractivity (Wildman–Crippen MR) is 101 cm³/mol. The Morgan fingerprint density at radius 3 is 2.38 bits per heavy atom. The molecule has 0 aliphatic carbocycles. The molecule has 3 aromatic rings. The van der Waals surface area contributed by atoms with E-state index < -0.39 is 35.4 Å². The fourth-order valence-electron chi connectivity index (χ4n) is 2.76. The number of primary sulfonamides is 1. The minimum atomic E-state index is -4.54. The van der Waals surface area contributed by atoms with Crippen molar-refractivity contribution in [1.82, 2.24) is 25.6 Å². The lowest BCUT2D eigenvalue weighted by molar-refractivity contribution is 0.277. The predicted octanol–water partition coefficient (Wildman–Crippen LogP) is -1.20. The number of H-pyrrole nitrogens is 1. The quantitative estimate of drug-likeness (QED) is 0.345. The van der Waals surface area contributed by atoms with E-state index in [1.165, 1.54) is 18.3 Å². The highest BCUT2D eigenvalue weighted by atomic mass is 32.2. The molecule has 0 atom stereocenters. The second-order valence-corrected chi connectivity index (χ2v) is 9.48. The van der Waals surface area contributed by atoms with Crippen molar-refractivity contribution < 1.29 is 21.9 Å². The number of aromatic amines is 1. The number of aromatic nitrogens is 5. The molecule has 12 nitrogen and oxygen atoms in total. The molecule has 2 aromatic heterocycles. The number of nitrogens with zero attached hydrogens (tertiary/aromatic N) is 4. The molecule has 0 bridgehead atoms. The maximum absolute atomic E-state index is 12.6. The Balaban J connectivity index is 2.42. The van der Waals surface area contributed by atoms with E-state index in [2.05, 4.69) is 25.6 Å². The molecular weight excluding hydrogens is 422 g/mol. The molecule has 0 amide bonds. The van der Waals surface area contributed by atoms with Gasteiger partial charge in [-0.2, -0.15) is 5.21 Å². The summed E-state index contributed by atoms with van der Waals surface area (Å²) in [6.45, 7) is -0.491. The van der Waals surface area contributed by atoms with Crippen LogP contribution in [0, 0.1) is 0 Å². The molecule has 6 N–H and O–H groups in total. The van der Waals surface area contributed by atoms with E-state index in [1.807, 2.05) is 0 Å². The molecule has 2 heterocycles. The number of hydrogen-bond acceptors (Lipinski definition) is 10. The first-order valence-electron chi connectivity index (χ1n) is 8.11. The van der Waals surface area contributed by atoms with Gasteiger partial charge in [0, 0.05) is 18.3 Å². The Morgan fingerprint density at radius 2 is 1.86 bits per heavy atom. The third-order valence-electron chi connectivity index (χ3n) is 3.99. The van der Waals surface area contributed by atoms with Crippen LogP contribution in [0.5, 0.6) is 0 Å². The van der Waals surface area contributed by atoms with E-state index in [-0.39, 0.29) is 30.1 Å². The van der Waals surface area contributed by atoms with Gasteiger partial charge in [-0.3, -0.25) is 4.98 Å². The van der Waals surface area contributed by atoms with Crippen molar-refractivity contribution in [3.63, 3.8) is 0 Å². The van der Waals surface area contributed by atoms with Crippen LogP contribution >= 0.6 is 0 Å². The lowest BCUT2D eigenvalue weighted by Gasteiger charge is -2.16. The van der Waals surface area contributed by atoms with Gasteiger partial charge in [0.15, 0.2) is 9.84 Å². The fraction of sp³-hybridized carbons (Fsp3) is 0.200. The molecule has 0 unspecified atom stereocenters. The third kappa shape index (κ3) is 4.15. The van der Waals surface area contributed by atoms with E-state index in [9.17, 15) is 16.8 Å². The number of rotatable bonds is 7. The van der Waals surface area contributed by atoms with Crippen LogP contribution in [0.3, 0.4) is 0 Å². The van der Waals surface area contributed by atoms with Crippen molar-refractivity contribution in [3.05, 3.63) is 36.2 Å². The number of hydrogen-bond donors (Lipinski definition) is 4. The summed E-state index contributed by atoms with van der Waals surface area (Å²) in [6.07, 6.45) is 1.39. The van der Waals surface area contributed by atoms with E-state index >= 15 is 0 Å². The molecule has 0 radical (unpaired) electrons. The summed E-state index contributed by atoms with van der Waals surface area (Å²) < 4.78 is 50.2. The number of sulfonamides is 1. The summed E-state index contributed by atoms with van der Waals surface area (Å²) in [4.78, 5) is 2.90. The Labute approximate surface area is 165 Å². The van der Waals surface area contributed by atoms with E-state index in [4.69, 9.17) is 16.0 Å². The average molecular weight is 439 g/mol. The zero-order valence-corrected chi connectivity index (χ0v) is 16.5. The van der Waals surface area contributed by atoms with Crippen molar-refractivity contribution >= 4 is 19.9 Å². The number of sulfone groups is 1. The zero-order valence-electron chi connectivity index (χ0n) is 14.8. The molecule has 3 rings (SSSR count). The van der Waals surface area contributed by atoms with Gasteiger partial charge in [0.25, 0.3) is 0 Å². The molecule has 0 saturated carbocycles. The van der Waals surface area contributed by atoms with Crippen LogP contribution in [-0.2, 0) is 26.5 Å². The highest BCUT2D eigenvalue weighted by molar-refractivity contribution is 7.93. The molecule has 1 aromatic carbocycles. The number of aliphatic hydroxyl groups excluding tert-OH is 1. The molecule has 0 fully saturated rings. The molecule has 0 spiro atoms. The molecule has 0 saturated heterocycles. The number of aliphatic hydroxyl groups is 1. The largest absolute Gasteiger partial charge is 0.390 e. The van der Waals surface area contributed by atoms with Crippen molar-refractivity contribution in [1.29, 1.82) is 0 Å². The third-order valence-corrected chi connectivity index (χ3v) is 6.90. The summed E-state index contributed by atoms with van der Waals surface area (Å²) >= 11 is 0. The molecule has 0 aliphatic heterocycles. The fourth-order valence-corrected chi connectivity index (χ4v) is 5.52. The smallest absolute Gasteiger partial charge is 0.240 e. The van der Waals surface area contributed by atoms with Crippen molar-refractivity contribution in [2.45, 2.75) is 16.4 Å². The van der Waals surface area contributed by atoms with Gasteiger partial charge in [0.05, 0.1) is 28.5 Å². The van der Waals surface area contributed by atoms with Gasteiger partial charge < -0.3 is 10.8 Å². The highest BCUT2D eigenvalue weighted by Crippen LogP contribution is 2.38. The monoisotopic (exact) mass is 439 g/mol. The van der Waals surface area contributed by atoms with Gasteiger partial charge in [-0.25, -0.2) is 22.0 Å². The van der Waals surface area contributed by atoms with Crippen molar-refractivity contribution in [2.24, 2.45) is 10.9 Å². The summed E-state index contributed by atoms with van der Waals surface area (Å²) in [5.41, 5.74) is 6.30. The van der Waals surface area contributed by atoms with Crippen molar-refractivity contribution in [3.8, 4) is 22.5 Å². The van der Waals surface area contributed by atoms with Crippen LogP contribution in [0.15, 0.2) is 40.3 Å². The van der Waals surface area contributed by atoms with Crippen LogP contribution in [0.4, 0.5) is 0 Å². The number of benzene rings is 1. The first kappa shape index (κ1) is 20.9. The van der Waals surface area contributed by atoms with E-state index in [1.54, 1.807) is 6.07 Å². The summed E-state index contributed by atoms with van der Waals surface area (Å²) in [5.74, 6) is -0.645. The molecule has 29 heavy (non-hydrogen) atoms. The standard InChI is InChI=1S/C15H17N7O5S2/c16-5-6-28(24,25)12-4-3-11(9-1-2-10(8-23)18-7-9)13(14(12)29(17,26)27)15-19-21-22-20-15/h1-4,7,23H,5-6,8,16H2,(H2,17,26,27)(H,19,20,21,22). The normalized spacial score (nSPS) is 12.2. The van der Waals surface area contributed by atoms with E-state index in [0.717, 1.165) is 6.07 Å². The SMILES string of the molecule is NCCS(=O)(=O)c1ccc(-c2ccc(CO)nc2)c(-c2nn[nH]n2)c1S(N)(=O)=O. The lowest BCUT2D eigenvalue weighted by atomic mass is 10.0. The molecule has 154 valence electrons. The Hall–Kier alpha value is -2.78. The summed E-state index contributed by atoms with van der Waals surface area (Å²) in [6, 6.07) is 5.66. The van der Waals surface area contributed by atoms with Gasteiger partial charge in [-0.15, -0.1) is 10.2 Å². The minimum Gasteiger partial charge on any atom is -0.390 e. The summed E-state index contributed by atoms with van der Waals surface area (Å²) in [7, 11) is -8.60. The second-order valence-electron chi connectivity index (χ2n) is 5.90. The van der Waals surface area contributed by atoms with Crippen LogP contribution in [0.1, 0.15) is 5.69 Å². The van der Waals surface area contributed by atoms with Crippen LogP contribution in [0.2, 0.25) is 0 Å². The van der Waals surface area contributed by atoms with Gasteiger partial charge in [-0.1, -0.05) is 12.1 Å². The lowest BCUT2D eigenvalue weighted by Crippen LogP contribution is -2.22. The average Bonchev–Trinajstić information content (AvgIpc) is 3.20. The second kappa shape index (κ2) is 7.92. The minimum absolute atomic E-state index is 0.141. The van der Waals surface area contributed by atoms with Crippen molar-refractivity contribution in [2.75, 3.05) is 12.3 Å². The molecule has 14 heteroatoms. The Bertz CT molecular complexity index is 1220. The molecular formula is C15H17N7O5S2. The first-order valence-corrected chi connectivity index (χ1v) is 11.3. The zero-order chi connectivity index (χ0) is 21.2.